The van der Waals surface area contributed by atoms with E-state index < -0.39 is 0 Å². The summed E-state index contributed by atoms with van der Waals surface area (Å²) in [6.45, 7) is 2.47. The number of para-hydroxylation sites is 2. The zero-order chi connectivity index (χ0) is 25.8. The van der Waals surface area contributed by atoms with Crippen molar-refractivity contribution in [2.75, 3.05) is 13.1 Å². The number of carbonyl (C=O) groups excluding carboxylic acids is 1. The van der Waals surface area contributed by atoms with Crippen LogP contribution in [0.1, 0.15) is 47.8 Å². The number of amides is 1. The summed E-state index contributed by atoms with van der Waals surface area (Å²) < 4.78 is 18.6. The lowest BCUT2D eigenvalue weighted by atomic mass is 9.95. The van der Waals surface area contributed by atoms with Crippen LogP contribution in [0.25, 0.3) is 33.2 Å². The van der Waals surface area contributed by atoms with E-state index in [2.05, 4.69) is 33.9 Å². The van der Waals surface area contributed by atoms with Crippen molar-refractivity contribution in [2.24, 2.45) is 13.0 Å². The van der Waals surface area contributed by atoms with Crippen molar-refractivity contribution >= 4 is 27.8 Å². The second kappa shape index (κ2) is 9.08. The van der Waals surface area contributed by atoms with Crippen LogP contribution in [0.15, 0.2) is 66.7 Å². The Labute approximate surface area is 220 Å². The molecule has 5 aromatic rings. The van der Waals surface area contributed by atoms with Crippen molar-refractivity contribution < 1.29 is 9.18 Å². The zero-order valence-electron chi connectivity index (χ0n) is 21.5. The molecule has 0 bridgehead atoms. The molecular weight excluding hydrogens is 477 g/mol. The molecule has 2 fully saturated rings. The summed E-state index contributed by atoms with van der Waals surface area (Å²) in [7, 11) is 1.83. The topological polar surface area (TPSA) is 56.0 Å². The standard InChI is InChI=1S/C31H30FN5O/c1-35-28-18-22(12-13-24(28)29(34-35)23-6-2-3-7-25(23)32)31(38)36-16-14-21(15-17-36)30-33-26-8-4-5-9-27(26)37(30)19-20-10-11-20/h2-9,12-13,18,20-21H,10-11,14-17,19H2,1H3. The van der Waals surface area contributed by atoms with Crippen LogP contribution in [-0.2, 0) is 13.6 Å². The highest BCUT2D eigenvalue weighted by Gasteiger charge is 2.30. The van der Waals surface area contributed by atoms with Crippen molar-refractivity contribution in [3.05, 3.63) is 83.9 Å². The van der Waals surface area contributed by atoms with E-state index in [0.717, 1.165) is 41.7 Å². The Bertz CT molecular complexity index is 1670. The largest absolute Gasteiger partial charge is 0.339 e. The maximum Gasteiger partial charge on any atom is 0.253 e. The first-order chi connectivity index (χ1) is 18.6. The Kier molecular flexibility index (Phi) is 5.53. The van der Waals surface area contributed by atoms with Gasteiger partial charge in [-0.3, -0.25) is 9.48 Å². The highest BCUT2D eigenvalue weighted by Crippen LogP contribution is 2.36. The lowest BCUT2D eigenvalue weighted by Crippen LogP contribution is -2.38. The third kappa shape index (κ3) is 3.97. The quantitative estimate of drug-likeness (QED) is 0.286. The molecule has 6 nitrogen and oxygen atoms in total. The van der Waals surface area contributed by atoms with E-state index in [9.17, 15) is 9.18 Å². The van der Waals surface area contributed by atoms with Gasteiger partial charge < -0.3 is 9.47 Å². The van der Waals surface area contributed by atoms with Crippen LogP contribution < -0.4 is 0 Å². The van der Waals surface area contributed by atoms with Crippen LogP contribution in [0.5, 0.6) is 0 Å². The number of aryl methyl sites for hydroxylation is 1. The zero-order valence-corrected chi connectivity index (χ0v) is 21.5. The Morgan fingerprint density at radius 1 is 0.947 bits per heavy atom. The minimum absolute atomic E-state index is 0.0328. The fourth-order valence-corrected chi connectivity index (χ4v) is 5.92. The minimum atomic E-state index is -0.304. The Balaban J connectivity index is 1.11. The first-order valence-corrected chi connectivity index (χ1v) is 13.5. The van der Waals surface area contributed by atoms with Crippen molar-refractivity contribution in [1.82, 2.24) is 24.2 Å². The number of rotatable bonds is 5. The number of benzene rings is 3. The second-order valence-electron chi connectivity index (χ2n) is 10.8. The van der Waals surface area contributed by atoms with Gasteiger partial charge in [-0.2, -0.15) is 5.10 Å². The van der Waals surface area contributed by atoms with Crippen molar-refractivity contribution in [1.29, 1.82) is 0 Å². The Morgan fingerprint density at radius 2 is 1.71 bits per heavy atom. The summed E-state index contributed by atoms with van der Waals surface area (Å²) in [5.41, 5.74) is 4.81. The van der Waals surface area contributed by atoms with E-state index in [-0.39, 0.29) is 11.7 Å². The van der Waals surface area contributed by atoms with Gasteiger partial charge in [0.25, 0.3) is 5.91 Å². The number of piperidine rings is 1. The molecule has 0 radical (unpaired) electrons. The molecule has 7 heteroatoms. The number of hydrogen-bond acceptors (Lipinski definition) is 3. The van der Waals surface area contributed by atoms with Gasteiger partial charge in [-0.25, -0.2) is 9.37 Å². The number of nitrogens with zero attached hydrogens (tertiary/aromatic N) is 5. The monoisotopic (exact) mass is 507 g/mol. The van der Waals surface area contributed by atoms with E-state index >= 15 is 0 Å². The fourth-order valence-electron chi connectivity index (χ4n) is 5.92. The van der Waals surface area contributed by atoms with Crippen molar-refractivity contribution in [3.8, 4) is 11.3 Å². The van der Waals surface area contributed by atoms with Crippen LogP contribution in [0.4, 0.5) is 4.39 Å². The number of likely N-dealkylation sites (tertiary alicyclic amines) is 1. The van der Waals surface area contributed by atoms with Crippen LogP contribution in [0.2, 0.25) is 0 Å². The fraction of sp³-hybridized carbons (Fsp3) is 0.323. The molecule has 2 aliphatic rings. The maximum absolute atomic E-state index is 14.5. The van der Waals surface area contributed by atoms with E-state index in [0.29, 0.717) is 35.8 Å². The van der Waals surface area contributed by atoms with Crippen LogP contribution >= 0.6 is 0 Å². The molecule has 0 spiro atoms. The van der Waals surface area contributed by atoms with Crippen LogP contribution in [0.3, 0.4) is 0 Å². The summed E-state index contributed by atoms with van der Waals surface area (Å²) in [5, 5.41) is 5.41. The number of aromatic nitrogens is 4. The highest BCUT2D eigenvalue weighted by atomic mass is 19.1. The van der Waals surface area contributed by atoms with Gasteiger partial charge in [-0.1, -0.05) is 24.3 Å². The molecule has 1 aliphatic heterocycles. The molecule has 0 atom stereocenters. The van der Waals surface area contributed by atoms with E-state index in [1.54, 1.807) is 22.9 Å². The third-order valence-electron chi connectivity index (χ3n) is 8.20. The van der Waals surface area contributed by atoms with E-state index in [4.69, 9.17) is 4.98 Å². The molecule has 1 amide bonds. The molecule has 0 unspecified atom stereocenters. The summed E-state index contributed by atoms with van der Waals surface area (Å²) in [4.78, 5) is 20.5. The number of fused-ring (bicyclic) bond motifs is 2. The molecule has 38 heavy (non-hydrogen) atoms. The molecule has 3 heterocycles. The number of halogens is 1. The van der Waals surface area contributed by atoms with Crippen LogP contribution in [0, 0.1) is 11.7 Å². The summed E-state index contributed by atoms with van der Waals surface area (Å²) >= 11 is 0. The van der Waals surface area contributed by atoms with Gasteiger partial charge in [-0.05, 0) is 74.1 Å². The highest BCUT2D eigenvalue weighted by molar-refractivity contribution is 6.01. The van der Waals surface area contributed by atoms with E-state index in [1.165, 1.54) is 30.2 Å². The lowest BCUT2D eigenvalue weighted by Gasteiger charge is -2.32. The van der Waals surface area contributed by atoms with Gasteiger partial charge in [0.05, 0.1) is 16.6 Å². The Morgan fingerprint density at radius 3 is 2.50 bits per heavy atom. The number of carbonyl (C=O) groups is 1. The van der Waals surface area contributed by atoms with Gasteiger partial charge in [0.1, 0.15) is 17.3 Å². The first kappa shape index (κ1) is 23.1. The smallest absolute Gasteiger partial charge is 0.253 e. The molecule has 0 N–H and O–H groups in total. The second-order valence-corrected chi connectivity index (χ2v) is 10.8. The van der Waals surface area contributed by atoms with Gasteiger partial charge in [-0.15, -0.1) is 0 Å². The van der Waals surface area contributed by atoms with Gasteiger partial charge in [0, 0.05) is 49.1 Å². The summed E-state index contributed by atoms with van der Waals surface area (Å²) in [6.07, 6.45) is 4.43. The molecular formula is C31H30FN5O. The molecule has 3 aromatic carbocycles. The van der Waals surface area contributed by atoms with Crippen molar-refractivity contribution in [2.45, 2.75) is 38.1 Å². The number of hydrogen-bond donors (Lipinski definition) is 0. The summed E-state index contributed by atoms with van der Waals surface area (Å²) in [6, 6.07) is 20.7. The normalized spacial score (nSPS) is 16.5. The Hall–Kier alpha value is -4.00. The van der Waals surface area contributed by atoms with E-state index in [1.807, 2.05) is 30.1 Å². The lowest BCUT2D eigenvalue weighted by molar-refractivity contribution is 0.0710. The van der Waals surface area contributed by atoms with Crippen molar-refractivity contribution in [3.63, 3.8) is 0 Å². The van der Waals surface area contributed by atoms with Gasteiger partial charge in [0.15, 0.2) is 0 Å². The molecule has 1 saturated heterocycles. The molecule has 192 valence electrons. The minimum Gasteiger partial charge on any atom is -0.339 e. The number of imidazole rings is 1. The summed E-state index contributed by atoms with van der Waals surface area (Å²) in [5.74, 6) is 2.04. The average Bonchev–Trinajstić information content (AvgIpc) is 3.62. The van der Waals surface area contributed by atoms with Gasteiger partial charge in [0.2, 0.25) is 0 Å². The molecule has 7 rings (SSSR count). The molecule has 2 aromatic heterocycles. The first-order valence-electron chi connectivity index (χ1n) is 13.5. The average molecular weight is 508 g/mol. The van der Waals surface area contributed by atoms with Gasteiger partial charge >= 0.3 is 0 Å². The third-order valence-corrected chi connectivity index (χ3v) is 8.20. The molecule has 1 saturated carbocycles. The predicted molar refractivity (Wildman–Crippen MR) is 146 cm³/mol. The maximum atomic E-state index is 14.5. The predicted octanol–water partition coefficient (Wildman–Crippen LogP) is 6.16. The SMILES string of the molecule is Cn1nc(-c2ccccc2F)c2ccc(C(=O)N3CCC(c4nc5ccccc5n4CC4CC4)CC3)cc21. The van der Waals surface area contributed by atoms with Crippen LogP contribution in [-0.4, -0.2) is 43.2 Å². The molecule has 1 aliphatic carbocycles.